The number of nitrogens with two attached hydrogens (primary N) is 1. The Balaban J connectivity index is 2.20. The topological polar surface area (TPSA) is 106 Å². The smallest absolute Gasteiger partial charge is 0.274 e. The van der Waals surface area contributed by atoms with Crippen LogP contribution < -0.4 is 5.73 Å². The van der Waals surface area contributed by atoms with Gasteiger partial charge >= 0.3 is 0 Å². The minimum absolute atomic E-state index is 0.0151. The van der Waals surface area contributed by atoms with Gasteiger partial charge in [0.1, 0.15) is 11.5 Å². The molecule has 2 heterocycles. The Labute approximate surface area is 105 Å². The molecule has 1 atom stereocenters. The van der Waals surface area contributed by atoms with Crippen molar-refractivity contribution in [3.63, 3.8) is 0 Å². The zero-order chi connectivity index (χ0) is 13.3. The quantitative estimate of drug-likeness (QED) is 0.724. The van der Waals surface area contributed by atoms with Gasteiger partial charge in [0, 0.05) is 12.6 Å². The number of amides is 1. The molecule has 0 bridgehead atoms. The zero-order valence-electron chi connectivity index (χ0n) is 9.91. The highest BCUT2D eigenvalue weighted by Crippen LogP contribution is 2.14. The second-order valence-corrected chi connectivity index (χ2v) is 6.52. The fraction of sp³-hybridized carbons (Fsp3) is 0.500. The van der Waals surface area contributed by atoms with E-state index < -0.39 is 9.84 Å². The molecule has 8 heteroatoms. The molecule has 18 heavy (non-hydrogen) atoms. The summed E-state index contributed by atoms with van der Waals surface area (Å²) in [4.78, 5) is 21.3. The van der Waals surface area contributed by atoms with Crippen molar-refractivity contribution < 1.29 is 13.2 Å². The molecular formula is C10H14N4O3S. The Bertz CT molecular complexity index is 572. The number of rotatable bonds is 1. The number of carbonyl (C=O) groups is 1. The number of nitrogen functional groups attached to an aromatic ring is 1. The number of nitrogens with zero attached hydrogens (tertiary/aromatic N) is 3. The van der Waals surface area contributed by atoms with Crippen molar-refractivity contribution >= 4 is 21.6 Å². The molecule has 0 spiro atoms. The molecule has 0 aromatic carbocycles. The predicted molar refractivity (Wildman–Crippen MR) is 65.6 cm³/mol. The lowest BCUT2D eigenvalue weighted by atomic mass is 10.2. The first kappa shape index (κ1) is 12.7. The van der Waals surface area contributed by atoms with Crippen LogP contribution in [0.25, 0.3) is 0 Å². The minimum Gasteiger partial charge on any atom is -0.382 e. The maximum Gasteiger partial charge on any atom is 0.274 e. The molecule has 1 fully saturated rings. The lowest BCUT2D eigenvalue weighted by Crippen LogP contribution is -2.50. The van der Waals surface area contributed by atoms with E-state index in [-0.39, 0.29) is 41.5 Å². The lowest BCUT2D eigenvalue weighted by Gasteiger charge is -2.32. The molecule has 1 unspecified atom stereocenters. The number of carbonyl (C=O) groups excluding carboxylic acids is 1. The fourth-order valence-electron chi connectivity index (χ4n) is 1.93. The normalized spacial score (nSPS) is 22.7. The highest BCUT2D eigenvalue weighted by molar-refractivity contribution is 7.91. The molecule has 1 aromatic heterocycles. The van der Waals surface area contributed by atoms with Crippen molar-refractivity contribution in [1.29, 1.82) is 0 Å². The van der Waals surface area contributed by atoms with Crippen LogP contribution in [0.1, 0.15) is 17.4 Å². The molecule has 98 valence electrons. The molecule has 7 nitrogen and oxygen atoms in total. The Morgan fingerprint density at radius 1 is 1.50 bits per heavy atom. The molecule has 0 radical (unpaired) electrons. The van der Waals surface area contributed by atoms with Crippen LogP contribution in [0.4, 0.5) is 5.82 Å². The first-order chi connectivity index (χ1) is 8.39. The molecule has 1 aliphatic heterocycles. The molecule has 1 amide bonds. The number of aromatic nitrogens is 2. The summed E-state index contributed by atoms with van der Waals surface area (Å²) < 4.78 is 22.9. The fourth-order valence-corrected chi connectivity index (χ4v) is 3.49. The maximum absolute atomic E-state index is 12.1. The van der Waals surface area contributed by atoms with Crippen molar-refractivity contribution in [3.8, 4) is 0 Å². The molecule has 1 saturated heterocycles. The largest absolute Gasteiger partial charge is 0.382 e. The summed E-state index contributed by atoms with van der Waals surface area (Å²) in [5, 5.41) is 0. The van der Waals surface area contributed by atoms with E-state index in [4.69, 9.17) is 5.73 Å². The molecule has 0 aliphatic carbocycles. The van der Waals surface area contributed by atoms with Crippen LogP contribution in [-0.2, 0) is 9.84 Å². The van der Waals surface area contributed by atoms with Gasteiger partial charge in [0.05, 0.1) is 23.9 Å². The van der Waals surface area contributed by atoms with Gasteiger partial charge < -0.3 is 10.6 Å². The van der Waals surface area contributed by atoms with E-state index in [1.165, 1.54) is 17.3 Å². The maximum atomic E-state index is 12.1. The molecular weight excluding hydrogens is 256 g/mol. The second kappa shape index (κ2) is 4.52. The van der Waals surface area contributed by atoms with Gasteiger partial charge in [0.15, 0.2) is 9.84 Å². The third-order valence-electron chi connectivity index (χ3n) is 2.80. The van der Waals surface area contributed by atoms with Crippen molar-refractivity contribution in [2.75, 3.05) is 23.8 Å². The molecule has 2 rings (SSSR count). The number of anilines is 1. The van der Waals surface area contributed by atoms with Gasteiger partial charge in [-0.1, -0.05) is 0 Å². The Hall–Kier alpha value is -1.70. The summed E-state index contributed by atoms with van der Waals surface area (Å²) in [5.41, 5.74) is 5.60. The van der Waals surface area contributed by atoms with Crippen LogP contribution >= 0.6 is 0 Å². The average Bonchev–Trinajstić information content (AvgIpc) is 2.27. The van der Waals surface area contributed by atoms with Crippen LogP contribution in [0.2, 0.25) is 0 Å². The zero-order valence-corrected chi connectivity index (χ0v) is 10.7. The first-order valence-corrected chi connectivity index (χ1v) is 7.30. The van der Waals surface area contributed by atoms with E-state index in [9.17, 15) is 13.2 Å². The van der Waals surface area contributed by atoms with E-state index in [0.29, 0.717) is 0 Å². The minimum atomic E-state index is -3.04. The van der Waals surface area contributed by atoms with E-state index >= 15 is 0 Å². The van der Waals surface area contributed by atoms with Gasteiger partial charge in [-0.15, -0.1) is 0 Å². The van der Waals surface area contributed by atoms with Crippen LogP contribution in [0.5, 0.6) is 0 Å². The molecule has 2 N–H and O–H groups in total. The monoisotopic (exact) mass is 270 g/mol. The third kappa shape index (κ3) is 2.58. The van der Waals surface area contributed by atoms with Gasteiger partial charge in [-0.25, -0.2) is 13.4 Å². The Morgan fingerprint density at radius 3 is 2.83 bits per heavy atom. The predicted octanol–water partition coefficient (Wildman–Crippen LogP) is -0.682. The van der Waals surface area contributed by atoms with E-state index in [1.807, 2.05) is 0 Å². The SMILES string of the molecule is CC1CS(=O)(=O)CCN1C(=O)c1cncc(N)n1. The van der Waals surface area contributed by atoms with Gasteiger partial charge in [-0.2, -0.15) is 0 Å². The molecule has 1 aliphatic rings. The van der Waals surface area contributed by atoms with Gasteiger partial charge in [-0.05, 0) is 6.92 Å². The van der Waals surface area contributed by atoms with Crippen LogP contribution in [0, 0.1) is 0 Å². The Morgan fingerprint density at radius 2 is 2.22 bits per heavy atom. The van der Waals surface area contributed by atoms with E-state index in [1.54, 1.807) is 6.92 Å². The lowest BCUT2D eigenvalue weighted by molar-refractivity contribution is 0.0706. The number of sulfone groups is 1. The average molecular weight is 270 g/mol. The number of hydrogen-bond donors (Lipinski definition) is 1. The standard InChI is InChI=1S/C10H14N4O3S/c1-7-6-18(16,17)3-2-14(7)10(15)8-4-12-5-9(11)13-8/h4-5,7H,2-3,6H2,1H3,(H2,11,13). The van der Waals surface area contributed by atoms with Gasteiger partial charge in [0.2, 0.25) is 0 Å². The van der Waals surface area contributed by atoms with Gasteiger partial charge in [0.25, 0.3) is 5.91 Å². The summed E-state index contributed by atoms with van der Waals surface area (Å²) in [6, 6.07) is -0.362. The van der Waals surface area contributed by atoms with Crippen molar-refractivity contribution in [2.24, 2.45) is 0 Å². The molecule has 0 saturated carbocycles. The van der Waals surface area contributed by atoms with Crippen molar-refractivity contribution in [2.45, 2.75) is 13.0 Å². The summed E-state index contributed by atoms with van der Waals surface area (Å²) >= 11 is 0. The van der Waals surface area contributed by atoms with Gasteiger partial charge in [-0.3, -0.25) is 9.78 Å². The summed E-state index contributed by atoms with van der Waals surface area (Å²) in [5.74, 6) is -0.205. The van der Waals surface area contributed by atoms with Crippen molar-refractivity contribution in [1.82, 2.24) is 14.9 Å². The Kier molecular flexibility index (Phi) is 3.20. The van der Waals surface area contributed by atoms with E-state index in [2.05, 4.69) is 9.97 Å². The second-order valence-electron chi connectivity index (χ2n) is 4.29. The first-order valence-electron chi connectivity index (χ1n) is 5.48. The van der Waals surface area contributed by atoms with Crippen molar-refractivity contribution in [3.05, 3.63) is 18.1 Å². The summed E-state index contributed by atoms with van der Waals surface area (Å²) in [7, 11) is -3.04. The summed E-state index contributed by atoms with van der Waals surface area (Å²) in [6.07, 6.45) is 2.68. The molecule has 1 aromatic rings. The van der Waals surface area contributed by atoms with Crippen LogP contribution in [0.3, 0.4) is 0 Å². The highest BCUT2D eigenvalue weighted by atomic mass is 32.2. The third-order valence-corrected chi connectivity index (χ3v) is 4.60. The summed E-state index contributed by atoms with van der Waals surface area (Å²) in [6.45, 7) is 1.88. The van der Waals surface area contributed by atoms with Crippen LogP contribution in [0.15, 0.2) is 12.4 Å². The highest BCUT2D eigenvalue weighted by Gasteiger charge is 2.32. The number of hydrogen-bond acceptors (Lipinski definition) is 6. The van der Waals surface area contributed by atoms with Crippen LogP contribution in [-0.4, -0.2) is 53.3 Å². The van der Waals surface area contributed by atoms with E-state index in [0.717, 1.165) is 0 Å².